The third-order valence-electron chi connectivity index (χ3n) is 6.56. The molecule has 230 valence electrons. The average Bonchev–Trinajstić information content (AvgIpc) is 2.87. The van der Waals surface area contributed by atoms with Crippen molar-refractivity contribution in [1.29, 1.82) is 0 Å². The highest BCUT2D eigenvalue weighted by molar-refractivity contribution is 5.80. The highest BCUT2D eigenvalue weighted by Crippen LogP contribution is 2.39. The predicted octanol–water partition coefficient (Wildman–Crippen LogP) is 4.75. The molecular formula is C27H29F6N3O6. The Morgan fingerprint density at radius 2 is 1.62 bits per heavy atom. The van der Waals surface area contributed by atoms with Gasteiger partial charge in [0.05, 0.1) is 17.2 Å². The van der Waals surface area contributed by atoms with Gasteiger partial charge in [0.2, 0.25) is 11.8 Å². The number of carbonyl (C=O) groups is 3. The summed E-state index contributed by atoms with van der Waals surface area (Å²) in [4.78, 5) is 36.9. The normalized spacial score (nSPS) is 19.1. The molecule has 2 aromatic rings. The average molecular weight is 606 g/mol. The lowest BCUT2D eigenvalue weighted by Crippen LogP contribution is -2.49. The quantitative estimate of drug-likeness (QED) is 0.265. The van der Waals surface area contributed by atoms with Crippen LogP contribution in [0.3, 0.4) is 0 Å². The molecule has 3 amide bonds. The van der Waals surface area contributed by atoms with Crippen LogP contribution in [0.25, 0.3) is 0 Å². The van der Waals surface area contributed by atoms with Gasteiger partial charge in [-0.15, -0.1) is 0 Å². The molecule has 0 unspecified atom stereocenters. The van der Waals surface area contributed by atoms with Crippen molar-refractivity contribution in [3.63, 3.8) is 0 Å². The second-order valence-corrected chi connectivity index (χ2v) is 9.77. The van der Waals surface area contributed by atoms with E-state index >= 15 is 0 Å². The number of hydrogen-bond donors (Lipinski definition) is 3. The molecule has 0 aromatic heterocycles. The molecule has 1 aliphatic rings. The lowest BCUT2D eigenvalue weighted by Gasteiger charge is -2.40. The molecular weight excluding hydrogens is 576 g/mol. The van der Waals surface area contributed by atoms with Crippen molar-refractivity contribution in [3.8, 4) is 5.75 Å². The van der Waals surface area contributed by atoms with Crippen LogP contribution in [0.1, 0.15) is 48.8 Å². The van der Waals surface area contributed by atoms with Crippen LogP contribution in [-0.2, 0) is 26.7 Å². The molecule has 0 radical (unpaired) electrons. The molecule has 4 N–H and O–H groups in total. The molecule has 0 saturated carbocycles. The van der Waals surface area contributed by atoms with Crippen LogP contribution in [0.15, 0.2) is 48.5 Å². The number of nitrogens with zero attached hydrogens (tertiary/aromatic N) is 1. The number of rotatable bonds is 10. The van der Waals surface area contributed by atoms with E-state index in [1.807, 2.05) is 0 Å². The Morgan fingerprint density at radius 3 is 2.14 bits per heavy atom. The number of primary amides is 1. The van der Waals surface area contributed by atoms with E-state index in [1.54, 1.807) is 30.3 Å². The Morgan fingerprint density at radius 1 is 1.02 bits per heavy atom. The highest BCUT2D eigenvalue weighted by Gasteiger charge is 2.38. The molecule has 3 rings (SSSR count). The standard InChI is InChI=1S/C27H29F6N3O6/c1-15(41-20-10-17(26(28,29)30)9-18(11-20)27(31,32)33)42-22-7-8-36(14-21(22)16-5-3-2-4-6-16)24(38)13-19(12-23(34)37)35-25(39)40/h2-6,9-11,15,19,21-22,35H,7-8,12-14H2,1H3,(H2,34,37)(H,39,40)/t15-,19+,21-,22-/m0/s1. The number of carbonyl (C=O) groups excluding carboxylic acids is 2. The van der Waals surface area contributed by atoms with Gasteiger partial charge in [-0.2, -0.15) is 26.3 Å². The van der Waals surface area contributed by atoms with Crippen LogP contribution < -0.4 is 15.8 Å². The van der Waals surface area contributed by atoms with Crippen LogP contribution >= 0.6 is 0 Å². The lowest BCUT2D eigenvalue weighted by molar-refractivity contribution is -0.149. The van der Waals surface area contributed by atoms with Gasteiger partial charge in [-0.3, -0.25) is 9.59 Å². The zero-order valence-electron chi connectivity index (χ0n) is 22.2. The van der Waals surface area contributed by atoms with Gasteiger partial charge in [0.15, 0.2) is 6.29 Å². The van der Waals surface area contributed by atoms with Gasteiger partial charge in [0.1, 0.15) is 5.75 Å². The summed E-state index contributed by atoms with van der Waals surface area (Å²) < 4.78 is 90.8. The van der Waals surface area contributed by atoms with Crippen molar-refractivity contribution >= 4 is 17.9 Å². The molecule has 0 spiro atoms. The molecule has 0 bridgehead atoms. The summed E-state index contributed by atoms with van der Waals surface area (Å²) in [6.45, 7) is 1.56. The van der Waals surface area contributed by atoms with Crippen molar-refractivity contribution in [3.05, 3.63) is 65.2 Å². The summed E-state index contributed by atoms with van der Waals surface area (Å²) in [7, 11) is 0. The second-order valence-electron chi connectivity index (χ2n) is 9.77. The van der Waals surface area contributed by atoms with E-state index in [0.29, 0.717) is 12.1 Å². The third-order valence-corrected chi connectivity index (χ3v) is 6.56. The first-order chi connectivity index (χ1) is 19.5. The fourth-order valence-electron chi connectivity index (χ4n) is 4.73. The highest BCUT2D eigenvalue weighted by atomic mass is 19.4. The summed E-state index contributed by atoms with van der Waals surface area (Å²) in [6.07, 6.45) is -14.0. The Balaban J connectivity index is 1.77. The minimum Gasteiger partial charge on any atom is -0.465 e. The summed E-state index contributed by atoms with van der Waals surface area (Å²) in [5.74, 6) is -2.42. The smallest absolute Gasteiger partial charge is 0.416 e. The molecule has 1 fully saturated rings. The summed E-state index contributed by atoms with van der Waals surface area (Å²) >= 11 is 0. The van der Waals surface area contributed by atoms with Crippen molar-refractivity contribution < 1.29 is 55.3 Å². The molecule has 2 aromatic carbocycles. The fourth-order valence-corrected chi connectivity index (χ4v) is 4.73. The van der Waals surface area contributed by atoms with Crippen LogP contribution in [0.5, 0.6) is 5.75 Å². The van der Waals surface area contributed by atoms with Crippen molar-refractivity contribution in [2.24, 2.45) is 5.73 Å². The first-order valence-corrected chi connectivity index (χ1v) is 12.7. The van der Waals surface area contributed by atoms with Gasteiger partial charge in [-0.25, -0.2) is 4.79 Å². The number of hydrogen-bond acceptors (Lipinski definition) is 5. The summed E-state index contributed by atoms with van der Waals surface area (Å²) in [5.41, 5.74) is 2.85. The van der Waals surface area contributed by atoms with Crippen molar-refractivity contribution in [2.45, 2.75) is 62.9 Å². The van der Waals surface area contributed by atoms with E-state index in [9.17, 15) is 40.7 Å². The van der Waals surface area contributed by atoms with Crippen molar-refractivity contribution in [2.75, 3.05) is 13.1 Å². The molecule has 1 saturated heterocycles. The molecule has 1 aliphatic heterocycles. The summed E-state index contributed by atoms with van der Waals surface area (Å²) in [5, 5.41) is 11.1. The molecule has 42 heavy (non-hydrogen) atoms. The van der Waals surface area contributed by atoms with Gasteiger partial charge in [0.25, 0.3) is 0 Å². The lowest BCUT2D eigenvalue weighted by atomic mass is 9.87. The van der Waals surface area contributed by atoms with Crippen LogP contribution in [0, 0.1) is 0 Å². The van der Waals surface area contributed by atoms with E-state index in [-0.39, 0.29) is 38.4 Å². The number of nitrogens with two attached hydrogens (primary N) is 1. The zero-order chi connectivity index (χ0) is 31.2. The summed E-state index contributed by atoms with van der Waals surface area (Å²) in [6, 6.07) is 8.65. The topological polar surface area (TPSA) is 131 Å². The molecule has 0 aliphatic carbocycles. The number of carboxylic acid groups (broad SMARTS) is 1. The number of alkyl halides is 6. The third kappa shape index (κ3) is 9.26. The second kappa shape index (κ2) is 13.3. The van der Waals surface area contributed by atoms with Crippen LogP contribution in [0.4, 0.5) is 31.1 Å². The van der Waals surface area contributed by atoms with E-state index in [1.165, 1.54) is 11.8 Å². The van der Waals surface area contributed by atoms with Crippen molar-refractivity contribution in [1.82, 2.24) is 10.2 Å². The predicted molar refractivity (Wildman–Crippen MR) is 135 cm³/mol. The maximum absolute atomic E-state index is 13.2. The Bertz CT molecular complexity index is 1210. The Hall–Kier alpha value is -4.01. The van der Waals surface area contributed by atoms with E-state index in [2.05, 4.69) is 5.32 Å². The number of benzene rings is 2. The first kappa shape index (κ1) is 32.5. The molecule has 1 heterocycles. The molecule has 4 atom stereocenters. The maximum atomic E-state index is 13.2. The van der Waals surface area contributed by atoms with Gasteiger partial charge in [0, 0.05) is 37.9 Å². The van der Waals surface area contributed by atoms with Gasteiger partial charge in [-0.05, 0) is 37.1 Å². The minimum absolute atomic E-state index is 0.00344. The van der Waals surface area contributed by atoms with Gasteiger partial charge < -0.3 is 30.5 Å². The van der Waals surface area contributed by atoms with E-state index in [0.717, 1.165) is 5.56 Å². The Labute approximate surface area is 236 Å². The SMILES string of the molecule is C[C@@H](Oc1cc(C(F)(F)F)cc(C(F)(F)F)c1)O[C@H]1CCN(C(=O)C[C@@H](CC(N)=O)NC(=O)O)C[C@H]1c1ccccc1. The number of piperidine rings is 1. The van der Waals surface area contributed by atoms with Gasteiger partial charge >= 0.3 is 18.4 Å². The van der Waals surface area contributed by atoms with E-state index < -0.39 is 71.5 Å². The van der Waals surface area contributed by atoms with Crippen LogP contribution in [0.2, 0.25) is 0 Å². The monoisotopic (exact) mass is 605 g/mol. The first-order valence-electron chi connectivity index (χ1n) is 12.7. The zero-order valence-corrected chi connectivity index (χ0v) is 22.2. The van der Waals surface area contributed by atoms with E-state index in [4.69, 9.17) is 20.3 Å². The molecule has 9 nitrogen and oxygen atoms in total. The number of ether oxygens (including phenoxy) is 2. The number of likely N-dealkylation sites (tertiary alicyclic amines) is 1. The Kier molecular flexibility index (Phi) is 10.3. The van der Waals surface area contributed by atoms with Crippen LogP contribution in [-0.4, -0.2) is 59.4 Å². The molecule has 15 heteroatoms. The number of amides is 3. The van der Waals surface area contributed by atoms with Gasteiger partial charge in [-0.1, -0.05) is 30.3 Å². The fraction of sp³-hybridized carbons (Fsp3) is 0.444. The largest absolute Gasteiger partial charge is 0.465 e. The number of halogens is 6. The number of nitrogens with one attached hydrogen (secondary N) is 1. The minimum atomic E-state index is -5.04. The maximum Gasteiger partial charge on any atom is 0.416 e.